The standard InChI is InChI=1S/C9H12N4S/c1-6(3-7(2)14)8-4-11-5-12-9(8)13-10/h4-5H,1,3,10H2,2H3,(H,11,12,13). The van der Waals surface area contributed by atoms with Gasteiger partial charge in [0.25, 0.3) is 0 Å². The lowest BCUT2D eigenvalue weighted by atomic mass is 10.1. The van der Waals surface area contributed by atoms with Crippen LogP contribution in [-0.4, -0.2) is 14.8 Å². The zero-order valence-corrected chi connectivity index (χ0v) is 8.77. The summed E-state index contributed by atoms with van der Waals surface area (Å²) in [6.45, 7) is 5.79. The van der Waals surface area contributed by atoms with Crippen molar-refractivity contribution in [1.29, 1.82) is 0 Å². The van der Waals surface area contributed by atoms with Crippen LogP contribution in [0.4, 0.5) is 5.82 Å². The molecule has 0 saturated heterocycles. The highest BCUT2D eigenvalue weighted by Gasteiger charge is 2.06. The Hall–Kier alpha value is -1.33. The summed E-state index contributed by atoms with van der Waals surface area (Å²) in [6.07, 6.45) is 3.75. The molecule has 0 saturated carbocycles. The molecule has 0 spiro atoms. The Labute approximate surface area is 88.2 Å². The average molecular weight is 208 g/mol. The van der Waals surface area contributed by atoms with Crippen LogP contribution >= 0.6 is 12.2 Å². The average Bonchev–Trinajstić information content (AvgIpc) is 2.16. The molecular weight excluding hydrogens is 196 g/mol. The molecule has 0 aromatic carbocycles. The van der Waals surface area contributed by atoms with E-state index in [1.54, 1.807) is 6.20 Å². The maximum Gasteiger partial charge on any atom is 0.150 e. The van der Waals surface area contributed by atoms with Crippen molar-refractivity contribution in [2.24, 2.45) is 5.84 Å². The summed E-state index contributed by atoms with van der Waals surface area (Å²) in [6, 6.07) is 0. The van der Waals surface area contributed by atoms with Crippen molar-refractivity contribution in [3.8, 4) is 0 Å². The fourth-order valence-electron chi connectivity index (χ4n) is 1.10. The van der Waals surface area contributed by atoms with Crippen molar-refractivity contribution in [3.63, 3.8) is 0 Å². The van der Waals surface area contributed by atoms with Crippen LogP contribution in [0.2, 0.25) is 0 Å². The van der Waals surface area contributed by atoms with Gasteiger partial charge in [0.05, 0.1) is 0 Å². The molecule has 0 fully saturated rings. The Morgan fingerprint density at radius 2 is 2.43 bits per heavy atom. The SMILES string of the molecule is C=C(CC(C)=S)c1cncnc1NN. The molecule has 0 unspecified atom stereocenters. The molecule has 1 heterocycles. The van der Waals surface area contributed by atoms with Gasteiger partial charge in [0.1, 0.15) is 6.33 Å². The van der Waals surface area contributed by atoms with Gasteiger partial charge in [-0.25, -0.2) is 15.8 Å². The van der Waals surface area contributed by atoms with Crippen LogP contribution in [0.1, 0.15) is 18.9 Å². The Bertz CT molecular complexity index is 362. The van der Waals surface area contributed by atoms with E-state index >= 15 is 0 Å². The molecular formula is C9H12N4S. The number of nitrogens with one attached hydrogen (secondary N) is 1. The number of hydrazine groups is 1. The molecule has 0 aliphatic carbocycles. The number of rotatable bonds is 4. The highest BCUT2D eigenvalue weighted by molar-refractivity contribution is 7.80. The van der Waals surface area contributed by atoms with Crippen LogP contribution in [0.15, 0.2) is 19.1 Å². The van der Waals surface area contributed by atoms with Crippen molar-refractivity contribution in [2.75, 3.05) is 5.43 Å². The fraction of sp³-hybridized carbons (Fsp3) is 0.222. The molecule has 1 rings (SSSR count). The number of nitrogens with zero attached hydrogens (tertiary/aromatic N) is 2. The van der Waals surface area contributed by atoms with Crippen LogP contribution in [0.5, 0.6) is 0 Å². The molecule has 5 heteroatoms. The van der Waals surface area contributed by atoms with Gasteiger partial charge in [-0.3, -0.25) is 0 Å². The van der Waals surface area contributed by atoms with E-state index in [0.717, 1.165) is 16.0 Å². The van der Waals surface area contributed by atoms with E-state index in [9.17, 15) is 0 Å². The van der Waals surface area contributed by atoms with Crippen molar-refractivity contribution in [3.05, 3.63) is 24.7 Å². The molecule has 0 amide bonds. The molecule has 14 heavy (non-hydrogen) atoms. The second-order valence-corrected chi connectivity index (χ2v) is 3.61. The molecule has 0 bridgehead atoms. The van der Waals surface area contributed by atoms with E-state index in [1.807, 2.05) is 6.92 Å². The maximum absolute atomic E-state index is 5.31. The minimum absolute atomic E-state index is 0.571. The Morgan fingerprint density at radius 3 is 3.00 bits per heavy atom. The molecule has 0 aliphatic heterocycles. The van der Waals surface area contributed by atoms with Crippen molar-refractivity contribution in [1.82, 2.24) is 9.97 Å². The maximum atomic E-state index is 5.31. The van der Waals surface area contributed by atoms with Gasteiger partial charge in [-0.2, -0.15) is 0 Å². The van der Waals surface area contributed by atoms with Gasteiger partial charge < -0.3 is 5.43 Å². The zero-order chi connectivity index (χ0) is 10.6. The lowest BCUT2D eigenvalue weighted by Gasteiger charge is -2.08. The number of anilines is 1. The summed E-state index contributed by atoms with van der Waals surface area (Å²) >= 11 is 5.00. The van der Waals surface area contributed by atoms with Gasteiger partial charge in [0.15, 0.2) is 5.82 Å². The van der Waals surface area contributed by atoms with E-state index < -0.39 is 0 Å². The number of nitrogens with two attached hydrogens (primary N) is 1. The summed E-state index contributed by atoms with van der Waals surface area (Å²) in [7, 11) is 0. The molecule has 1 aromatic heterocycles. The predicted octanol–water partition coefficient (Wildman–Crippen LogP) is 1.56. The summed E-state index contributed by atoms with van der Waals surface area (Å²) in [4.78, 5) is 8.76. The molecule has 1 aromatic rings. The summed E-state index contributed by atoms with van der Waals surface area (Å²) in [5, 5.41) is 0. The van der Waals surface area contributed by atoms with E-state index in [4.69, 9.17) is 18.1 Å². The van der Waals surface area contributed by atoms with Gasteiger partial charge >= 0.3 is 0 Å². The third-order valence-corrected chi connectivity index (χ3v) is 1.84. The Balaban J connectivity index is 2.94. The first-order valence-corrected chi connectivity index (χ1v) is 4.50. The second kappa shape index (κ2) is 4.78. The third-order valence-electron chi connectivity index (χ3n) is 1.69. The van der Waals surface area contributed by atoms with E-state index in [-0.39, 0.29) is 0 Å². The first-order valence-electron chi connectivity index (χ1n) is 4.09. The minimum atomic E-state index is 0.571. The van der Waals surface area contributed by atoms with Gasteiger partial charge in [-0.15, -0.1) is 0 Å². The van der Waals surface area contributed by atoms with E-state index in [1.165, 1.54) is 6.33 Å². The van der Waals surface area contributed by atoms with Gasteiger partial charge in [-0.1, -0.05) is 18.8 Å². The highest BCUT2D eigenvalue weighted by Crippen LogP contribution is 2.21. The number of nitrogen functional groups attached to an aromatic ring is 1. The number of hydrogen-bond donors (Lipinski definition) is 2. The fourth-order valence-corrected chi connectivity index (χ4v) is 1.27. The summed E-state index contributed by atoms with van der Waals surface area (Å²) in [5.74, 6) is 5.88. The van der Waals surface area contributed by atoms with Crippen LogP contribution in [0, 0.1) is 0 Å². The second-order valence-electron chi connectivity index (χ2n) is 2.91. The van der Waals surface area contributed by atoms with Crippen LogP contribution in [0.3, 0.4) is 0 Å². The van der Waals surface area contributed by atoms with E-state index in [2.05, 4.69) is 22.0 Å². The van der Waals surface area contributed by atoms with Gasteiger partial charge in [0, 0.05) is 18.2 Å². The number of aromatic nitrogens is 2. The van der Waals surface area contributed by atoms with Crippen molar-refractivity contribution in [2.45, 2.75) is 13.3 Å². The Morgan fingerprint density at radius 1 is 1.71 bits per heavy atom. The molecule has 74 valence electrons. The van der Waals surface area contributed by atoms with Gasteiger partial charge in [0.2, 0.25) is 0 Å². The number of hydrogen-bond acceptors (Lipinski definition) is 5. The molecule has 4 nitrogen and oxygen atoms in total. The lowest BCUT2D eigenvalue weighted by Crippen LogP contribution is -2.11. The topological polar surface area (TPSA) is 63.8 Å². The summed E-state index contributed by atoms with van der Waals surface area (Å²) in [5.41, 5.74) is 4.17. The molecule has 0 radical (unpaired) electrons. The summed E-state index contributed by atoms with van der Waals surface area (Å²) < 4.78 is 0. The predicted molar refractivity (Wildman–Crippen MR) is 61.8 cm³/mol. The number of thiocarbonyl (C=S) groups is 1. The smallest absolute Gasteiger partial charge is 0.150 e. The lowest BCUT2D eigenvalue weighted by molar-refractivity contribution is 1.12. The van der Waals surface area contributed by atoms with Crippen molar-refractivity contribution < 1.29 is 0 Å². The molecule has 3 N–H and O–H groups in total. The van der Waals surface area contributed by atoms with Gasteiger partial charge in [-0.05, 0) is 17.4 Å². The van der Waals surface area contributed by atoms with E-state index in [0.29, 0.717) is 12.2 Å². The van der Waals surface area contributed by atoms with Crippen molar-refractivity contribution >= 4 is 28.5 Å². The molecule has 0 aliphatic rings. The number of allylic oxidation sites excluding steroid dienone is 1. The molecule has 0 atom stereocenters. The Kier molecular flexibility index (Phi) is 3.67. The normalized spacial score (nSPS) is 9.57. The quantitative estimate of drug-likeness (QED) is 0.446. The van der Waals surface area contributed by atoms with Crippen LogP contribution in [0.25, 0.3) is 5.57 Å². The first kappa shape index (κ1) is 10.7. The van der Waals surface area contributed by atoms with Crippen LogP contribution in [-0.2, 0) is 0 Å². The van der Waals surface area contributed by atoms with Crippen LogP contribution < -0.4 is 11.3 Å². The zero-order valence-electron chi connectivity index (χ0n) is 7.95. The largest absolute Gasteiger partial charge is 0.308 e. The highest BCUT2D eigenvalue weighted by atomic mass is 32.1. The monoisotopic (exact) mass is 208 g/mol. The minimum Gasteiger partial charge on any atom is -0.308 e. The third kappa shape index (κ3) is 2.58. The first-order chi connectivity index (χ1) is 6.65.